The zero-order chi connectivity index (χ0) is 19.1. The van der Waals surface area contributed by atoms with Crippen molar-refractivity contribution in [1.82, 2.24) is 5.32 Å². The van der Waals surface area contributed by atoms with Gasteiger partial charge in [-0.25, -0.2) is 0 Å². The SMILES string of the molecule is CC[NH+]1CCC(NC(=O)COc2ccc(C(=O)c3ccccc3)cc2)CC1. The summed E-state index contributed by atoms with van der Waals surface area (Å²) in [6, 6.07) is 16.3. The molecule has 0 bridgehead atoms. The molecule has 1 aliphatic heterocycles. The highest BCUT2D eigenvalue weighted by Crippen LogP contribution is 2.15. The van der Waals surface area contributed by atoms with E-state index in [1.807, 2.05) is 18.2 Å². The van der Waals surface area contributed by atoms with Gasteiger partial charge in [-0.15, -0.1) is 0 Å². The van der Waals surface area contributed by atoms with Gasteiger partial charge in [0, 0.05) is 30.0 Å². The molecule has 0 atom stereocenters. The highest BCUT2D eigenvalue weighted by Gasteiger charge is 2.22. The summed E-state index contributed by atoms with van der Waals surface area (Å²) in [4.78, 5) is 26.1. The summed E-state index contributed by atoms with van der Waals surface area (Å²) in [6.07, 6.45) is 2.04. The molecule has 2 aromatic rings. The van der Waals surface area contributed by atoms with Crippen molar-refractivity contribution in [2.24, 2.45) is 0 Å². The van der Waals surface area contributed by atoms with Crippen LogP contribution in [0.3, 0.4) is 0 Å². The number of carbonyl (C=O) groups excluding carboxylic acids is 2. The number of amides is 1. The molecule has 1 amide bonds. The summed E-state index contributed by atoms with van der Waals surface area (Å²) in [6.45, 7) is 5.55. The molecule has 2 N–H and O–H groups in total. The molecule has 0 saturated carbocycles. The molecule has 27 heavy (non-hydrogen) atoms. The molecule has 1 aliphatic rings. The first-order chi connectivity index (χ1) is 13.2. The van der Waals surface area contributed by atoms with Gasteiger partial charge in [-0.2, -0.15) is 0 Å². The number of rotatable bonds is 7. The van der Waals surface area contributed by atoms with Crippen molar-refractivity contribution in [1.29, 1.82) is 0 Å². The number of hydrogen-bond acceptors (Lipinski definition) is 3. The van der Waals surface area contributed by atoms with Crippen molar-refractivity contribution in [3.8, 4) is 5.75 Å². The number of ether oxygens (including phenoxy) is 1. The van der Waals surface area contributed by atoms with Gasteiger partial charge in [-0.3, -0.25) is 9.59 Å². The molecular formula is C22H27N2O3+. The molecule has 0 unspecified atom stereocenters. The summed E-state index contributed by atoms with van der Waals surface area (Å²) in [5.74, 6) is 0.463. The van der Waals surface area contributed by atoms with Gasteiger partial charge in [0.1, 0.15) is 5.75 Å². The van der Waals surface area contributed by atoms with Gasteiger partial charge in [-0.1, -0.05) is 30.3 Å². The summed E-state index contributed by atoms with van der Waals surface area (Å²) >= 11 is 0. The summed E-state index contributed by atoms with van der Waals surface area (Å²) < 4.78 is 5.56. The number of ketones is 1. The molecule has 0 aliphatic carbocycles. The van der Waals surface area contributed by atoms with Crippen LogP contribution in [0, 0.1) is 0 Å². The van der Waals surface area contributed by atoms with E-state index in [9.17, 15) is 9.59 Å². The molecule has 5 nitrogen and oxygen atoms in total. The standard InChI is InChI=1S/C22H26N2O3/c1-2-24-14-12-19(13-15-24)23-21(25)16-27-20-10-8-18(9-11-20)22(26)17-6-4-3-5-7-17/h3-11,19H,2,12-16H2,1H3,(H,23,25)/p+1. The minimum Gasteiger partial charge on any atom is -0.484 e. The van der Waals surface area contributed by atoms with Crippen molar-refractivity contribution in [2.75, 3.05) is 26.2 Å². The van der Waals surface area contributed by atoms with Crippen LogP contribution in [-0.4, -0.2) is 44.0 Å². The molecule has 3 rings (SSSR count). The number of hydrogen-bond donors (Lipinski definition) is 2. The topological polar surface area (TPSA) is 59.8 Å². The molecule has 2 aromatic carbocycles. The van der Waals surface area contributed by atoms with E-state index >= 15 is 0 Å². The third-order valence-electron chi connectivity index (χ3n) is 5.08. The van der Waals surface area contributed by atoms with Crippen molar-refractivity contribution in [3.05, 3.63) is 65.7 Å². The maximum Gasteiger partial charge on any atom is 0.258 e. The lowest BCUT2D eigenvalue weighted by atomic mass is 10.0. The fourth-order valence-electron chi connectivity index (χ4n) is 3.40. The molecule has 0 spiro atoms. The van der Waals surface area contributed by atoms with E-state index in [0.29, 0.717) is 16.9 Å². The molecule has 1 saturated heterocycles. The Morgan fingerprint density at radius 3 is 2.26 bits per heavy atom. The third kappa shape index (κ3) is 5.41. The van der Waals surface area contributed by atoms with Crippen LogP contribution in [0.4, 0.5) is 0 Å². The van der Waals surface area contributed by atoms with Gasteiger partial charge in [0.2, 0.25) is 0 Å². The van der Waals surface area contributed by atoms with E-state index in [1.54, 1.807) is 41.3 Å². The number of nitrogens with one attached hydrogen (secondary N) is 2. The van der Waals surface area contributed by atoms with Crippen LogP contribution < -0.4 is 15.0 Å². The molecule has 1 fully saturated rings. The number of benzene rings is 2. The second-order valence-electron chi connectivity index (χ2n) is 6.95. The van der Waals surface area contributed by atoms with E-state index in [1.165, 1.54) is 0 Å². The van der Waals surface area contributed by atoms with E-state index in [-0.39, 0.29) is 24.3 Å². The molecular weight excluding hydrogens is 340 g/mol. The summed E-state index contributed by atoms with van der Waals surface area (Å²) in [5.41, 5.74) is 1.25. The molecule has 0 aromatic heterocycles. The van der Waals surface area contributed by atoms with Gasteiger partial charge in [-0.05, 0) is 31.2 Å². The number of carbonyl (C=O) groups is 2. The van der Waals surface area contributed by atoms with Crippen LogP contribution in [0.5, 0.6) is 5.75 Å². The van der Waals surface area contributed by atoms with Gasteiger partial charge >= 0.3 is 0 Å². The van der Waals surface area contributed by atoms with Crippen LogP contribution in [-0.2, 0) is 4.79 Å². The van der Waals surface area contributed by atoms with Gasteiger partial charge < -0.3 is 15.0 Å². The van der Waals surface area contributed by atoms with Crippen molar-refractivity contribution >= 4 is 11.7 Å². The Labute approximate surface area is 160 Å². The third-order valence-corrected chi connectivity index (χ3v) is 5.08. The molecule has 0 radical (unpaired) electrons. The van der Waals surface area contributed by atoms with E-state index in [2.05, 4.69) is 12.2 Å². The number of likely N-dealkylation sites (tertiary alicyclic amines) is 1. The first kappa shape index (κ1) is 19.1. The van der Waals surface area contributed by atoms with Gasteiger partial charge in [0.05, 0.1) is 19.6 Å². The average Bonchev–Trinajstić information content (AvgIpc) is 2.73. The lowest BCUT2D eigenvalue weighted by Crippen LogP contribution is -3.13. The highest BCUT2D eigenvalue weighted by molar-refractivity contribution is 6.08. The highest BCUT2D eigenvalue weighted by atomic mass is 16.5. The lowest BCUT2D eigenvalue weighted by Gasteiger charge is -2.28. The quantitative estimate of drug-likeness (QED) is 0.729. The Morgan fingerprint density at radius 1 is 1.00 bits per heavy atom. The predicted octanol–water partition coefficient (Wildman–Crippen LogP) is 1.48. The summed E-state index contributed by atoms with van der Waals surface area (Å²) in [5, 5.41) is 3.05. The first-order valence-electron chi connectivity index (χ1n) is 9.61. The summed E-state index contributed by atoms with van der Waals surface area (Å²) in [7, 11) is 0. The Kier molecular flexibility index (Phi) is 6.60. The molecule has 5 heteroatoms. The monoisotopic (exact) mass is 367 g/mol. The Hall–Kier alpha value is -2.66. The van der Waals surface area contributed by atoms with Gasteiger partial charge in [0.15, 0.2) is 12.4 Å². The van der Waals surface area contributed by atoms with Crippen LogP contribution >= 0.6 is 0 Å². The minimum atomic E-state index is -0.0932. The largest absolute Gasteiger partial charge is 0.484 e. The molecule has 1 heterocycles. The smallest absolute Gasteiger partial charge is 0.258 e. The maximum atomic E-state index is 12.4. The molecule has 142 valence electrons. The zero-order valence-corrected chi connectivity index (χ0v) is 15.7. The number of quaternary nitrogens is 1. The van der Waals surface area contributed by atoms with E-state index < -0.39 is 0 Å². The Morgan fingerprint density at radius 2 is 1.63 bits per heavy atom. The van der Waals surface area contributed by atoms with Crippen molar-refractivity contribution < 1.29 is 19.2 Å². The van der Waals surface area contributed by atoms with E-state index in [0.717, 1.165) is 32.5 Å². The normalized spacial score (nSPS) is 19.3. The average molecular weight is 367 g/mol. The maximum absolute atomic E-state index is 12.4. The predicted molar refractivity (Wildman–Crippen MR) is 104 cm³/mol. The van der Waals surface area contributed by atoms with Crippen molar-refractivity contribution in [2.45, 2.75) is 25.8 Å². The fourth-order valence-corrected chi connectivity index (χ4v) is 3.40. The van der Waals surface area contributed by atoms with E-state index in [4.69, 9.17) is 4.74 Å². The van der Waals surface area contributed by atoms with Gasteiger partial charge in [0.25, 0.3) is 5.91 Å². The second-order valence-corrected chi connectivity index (χ2v) is 6.95. The van der Waals surface area contributed by atoms with Crippen LogP contribution in [0.2, 0.25) is 0 Å². The van der Waals surface area contributed by atoms with Crippen LogP contribution in [0.1, 0.15) is 35.7 Å². The van der Waals surface area contributed by atoms with Crippen LogP contribution in [0.15, 0.2) is 54.6 Å². The lowest BCUT2D eigenvalue weighted by molar-refractivity contribution is -0.903. The first-order valence-corrected chi connectivity index (χ1v) is 9.61. The Balaban J connectivity index is 1.46. The number of piperidine rings is 1. The minimum absolute atomic E-state index is 0.00712. The zero-order valence-electron chi connectivity index (χ0n) is 15.7. The Bertz CT molecular complexity index is 751. The van der Waals surface area contributed by atoms with Crippen LogP contribution in [0.25, 0.3) is 0 Å². The van der Waals surface area contributed by atoms with Crippen molar-refractivity contribution in [3.63, 3.8) is 0 Å². The fraction of sp³-hybridized carbons (Fsp3) is 0.364. The second kappa shape index (κ2) is 9.33.